The summed E-state index contributed by atoms with van der Waals surface area (Å²) >= 11 is 0. The first-order valence-electron chi connectivity index (χ1n) is 7.39. The van der Waals surface area contributed by atoms with Crippen LogP contribution in [-0.4, -0.2) is 31.1 Å². The van der Waals surface area contributed by atoms with E-state index in [-0.39, 0.29) is 6.54 Å². The first-order chi connectivity index (χ1) is 11.1. The Balaban J connectivity index is 4.28. The third-order valence-electron chi connectivity index (χ3n) is 2.75. The van der Waals surface area contributed by atoms with E-state index in [0.29, 0.717) is 13.0 Å². The minimum absolute atomic E-state index is 0.287. The van der Waals surface area contributed by atoms with E-state index in [1.807, 2.05) is 26.0 Å². The number of carbonyl (C=O) groups is 2. The molecule has 0 aromatic heterocycles. The van der Waals surface area contributed by atoms with Crippen molar-refractivity contribution in [2.45, 2.75) is 20.3 Å². The van der Waals surface area contributed by atoms with Gasteiger partial charge in [-0.15, -0.1) is 0 Å². The number of hydrogen-bond acceptors (Lipinski definition) is 3. The first kappa shape index (κ1) is 20.3. The second kappa shape index (κ2) is 13.0. The van der Waals surface area contributed by atoms with Crippen LogP contribution >= 0.6 is 0 Å². The highest BCUT2D eigenvalue weighted by Crippen LogP contribution is 2.01. The highest BCUT2D eigenvalue weighted by Gasteiger charge is 2.12. The number of rotatable bonds is 9. The van der Waals surface area contributed by atoms with Crippen LogP contribution in [0.4, 0.5) is 0 Å². The quantitative estimate of drug-likeness (QED) is 0.390. The lowest BCUT2D eigenvalue weighted by Gasteiger charge is -2.07. The summed E-state index contributed by atoms with van der Waals surface area (Å²) in [7, 11) is 0. The van der Waals surface area contributed by atoms with Crippen LogP contribution in [0.2, 0.25) is 0 Å². The lowest BCUT2D eigenvalue weighted by atomic mass is 10.2. The molecule has 0 saturated carbocycles. The molecule has 0 aromatic carbocycles. The van der Waals surface area contributed by atoms with E-state index >= 15 is 0 Å². The summed E-state index contributed by atoms with van der Waals surface area (Å²) in [4.78, 5) is 27.6. The lowest BCUT2D eigenvalue weighted by Crippen LogP contribution is -2.40. The van der Waals surface area contributed by atoms with Crippen molar-refractivity contribution in [3.05, 3.63) is 60.9 Å². The van der Waals surface area contributed by atoms with Crippen molar-refractivity contribution in [3.63, 3.8) is 0 Å². The van der Waals surface area contributed by atoms with Gasteiger partial charge in [0.2, 0.25) is 0 Å². The summed E-state index contributed by atoms with van der Waals surface area (Å²) < 4.78 is 0. The Morgan fingerprint density at radius 3 is 2.35 bits per heavy atom. The van der Waals surface area contributed by atoms with Gasteiger partial charge in [0.15, 0.2) is 0 Å². The molecule has 0 rings (SSSR count). The smallest absolute Gasteiger partial charge is 0.309 e. The summed E-state index contributed by atoms with van der Waals surface area (Å²) in [6.07, 6.45) is 12.7. The van der Waals surface area contributed by atoms with Crippen molar-refractivity contribution in [2.24, 2.45) is 4.99 Å². The zero-order valence-electron chi connectivity index (χ0n) is 13.8. The van der Waals surface area contributed by atoms with Gasteiger partial charge < -0.3 is 10.6 Å². The highest BCUT2D eigenvalue weighted by atomic mass is 16.2. The molecule has 0 spiro atoms. The maximum atomic E-state index is 11.7. The Morgan fingerprint density at radius 2 is 1.78 bits per heavy atom. The van der Waals surface area contributed by atoms with E-state index in [4.69, 9.17) is 0 Å². The number of nitrogens with zero attached hydrogens (tertiary/aromatic N) is 1. The minimum atomic E-state index is -0.662. The molecule has 0 saturated heterocycles. The van der Waals surface area contributed by atoms with Crippen LogP contribution in [0.25, 0.3) is 0 Å². The van der Waals surface area contributed by atoms with Crippen molar-refractivity contribution in [3.8, 4) is 0 Å². The summed E-state index contributed by atoms with van der Waals surface area (Å²) in [5, 5.41) is 5.13. The van der Waals surface area contributed by atoms with Crippen molar-refractivity contribution in [2.75, 3.05) is 13.1 Å². The molecular weight excluding hydrogens is 290 g/mol. The fourth-order valence-corrected chi connectivity index (χ4v) is 1.59. The van der Waals surface area contributed by atoms with E-state index in [0.717, 1.165) is 11.3 Å². The van der Waals surface area contributed by atoms with Gasteiger partial charge >= 0.3 is 11.8 Å². The number of allylic oxidation sites excluding steroid dienone is 5. The summed E-state index contributed by atoms with van der Waals surface area (Å²) in [6, 6.07) is 0. The zero-order chi connectivity index (χ0) is 17.5. The van der Waals surface area contributed by atoms with Crippen molar-refractivity contribution >= 4 is 18.0 Å². The summed E-state index contributed by atoms with van der Waals surface area (Å²) in [5.74, 6) is -1.32. The molecule has 0 fully saturated rings. The van der Waals surface area contributed by atoms with Crippen LogP contribution < -0.4 is 10.6 Å². The molecule has 0 aliphatic carbocycles. The van der Waals surface area contributed by atoms with Gasteiger partial charge in [0, 0.05) is 31.4 Å². The third-order valence-corrected chi connectivity index (χ3v) is 2.75. The van der Waals surface area contributed by atoms with Crippen LogP contribution in [-0.2, 0) is 9.59 Å². The van der Waals surface area contributed by atoms with Crippen LogP contribution in [0, 0.1) is 0 Å². The molecule has 2 amide bonds. The molecule has 0 aromatic rings. The fraction of sp³-hybridized carbons (Fsp3) is 0.278. The molecule has 5 nitrogen and oxygen atoms in total. The van der Waals surface area contributed by atoms with E-state index in [2.05, 4.69) is 28.8 Å². The average molecular weight is 315 g/mol. The Hall–Kier alpha value is -2.69. The Kier molecular flexibility index (Phi) is 11.5. The van der Waals surface area contributed by atoms with Gasteiger partial charge in [-0.2, -0.15) is 0 Å². The normalized spacial score (nSPS) is 12.4. The molecule has 0 heterocycles. The Morgan fingerprint density at radius 1 is 1.09 bits per heavy atom. The van der Waals surface area contributed by atoms with Crippen LogP contribution in [0.3, 0.4) is 0 Å². The predicted molar refractivity (Wildman–Crippen MR) is 96.2 cm³/mol. The van der Waals surface area contributed by atoms with Gasteiger partial charge in [-0.25, -0.2) is 0 Å². The molecular formula is C18H25N3O2. The first-order valence-corrected chi connectivity index (χ1v) is 7.39. The number of hydrogen-bond donors (Lipinski definition) is 2. The molecule has 0 bridgehead atoms. The number of carbonyl (C=O) groups excluding carboxylic acids is 2. The lowest BCUT2D eigenvalue weighted by molar-refractivity contribution is -0.139. The van der Waals surface area contributed by atoms with E-state index in [1.54, 1.807) is 30.5 Å². The second-order valence-electron chi connectivity index (χ2n) is 4.43. The summed E-state index contributed by atoms with van der Waals surface area (Å²) in [6.45, 7) is 11.5. The number of amides is 2. The van der Waals surface area contributed by atoms with Gasteiger partial charge in [-0.1, -0.05) is 43.5 Å². The Labute approximate surface area is 138 Å². The van der Waals surface area contributed by atoms with E-state index in [9.17, 15) is 9.59 Å². The molecule has 124 valence electrons. The van der Waals surface area contributed by atoms with Gasteiger partial charge in [0.25, 0.3) is 0 Å². The maximum Gasteiger partial charge on any atom is 0.309 e. The van der Waals surface area contributed by atoms with Gasteiger partial charge in [0.05, 0.1) is 0 Å². The minimum Gasteiger partial charge on any atom is -0.347 e. The van der Waals surface area contributed by atoms with Crippen LogP contribution in [0.1, 0.15) is 20.3 Å². The molecule has 0 aliphatic rings. The molecule has 5 heteroatoms. The monoisotopic (exact) mass is 315 g/mol. The Bertz CT molecular complexity index is 540. The second-order valence-corrected chi connectivity index (χ2v) is 4.43. The maximum absolute atomic E-state index is 11.7. The predicted octanol–water partition coefficient (Wildman–Crippen LogP) is 2.46. The van der Waals surface area contributed by atoms with Crippen molar-refractivity contribution in [1.82, 2.24) is 10.6 Å². The van der Waals surface area contributed by atoms with Gasteiger partial charge in [0.1, 0.15) is 0 Å². The van der Waals surface area contributed by atoms with Gasteiger partial charge in [-0.3, -0.25) is 14.6 Å². The fourth-order valence-electron chi connectivity index (χ4n) is 1.59. The number of aliphatic imine (C=N–C) groups is 1. The van der Waals surface area contributed by atoms with Crippen molar-refractivity contribution in [1.29, 1.82) is 0 Å². The third kappa shape index (κ3) is 9.79. The molecule has 0 radical (unpaired) electrons. The van der Waals surface area contributed by atoms with E-state index in [1.165, 1.54) is 0 Å². The SMILES string of the molecule is C=C/C=C\C(=C/C)CNC(=O)C(=O)NCCC(=C/C=C)/N=C\C. The zero-order valence-corrected chi connectivity index (χ0v) is 13.8. The van der Waals surface area contributed by atoms with Gasteiger partial charge in [-0.05, 0) is 25.5 Å². The summed E-state index contributed by atoms with van der Waals surface area (Å²) in [5.41, 5.74) is 1.67. The molecule has 0 unspecified atom stereocenters. The standard InChI is InChI=1S/C18H25N3O2/c1-5-9-11-15(7-3)14-21-18(23)17(22)20-13-12-16(10-6-2)19-8-4/h5-11H,1-2,12-14H2,3-4H3,(H,20,22)(H,21,23)/b11-9-,15-7+,16-10-,19-8-. The van der Waals surface area contributed by atoms with E-state index < -0.39 is 11.8 Å². The topological polar surface area (TPSA) is 70.6 Å². The number of nitrogens with one attached hydrogen (secondary N) is 2. The largest absolute Gasteiger partial charge is 0.347 e. The molecule has 0 aliphatic heterocycles. The molecule has 0 atom stereocenters. The van der Waals surface area contributed by atoms with Crippen LogP contribution in [0.15, 0.2) is 65.9 Å². The average Bonchev–Trinajstić information content (AvgIpc) is 2.55. The molecule has 23 heavy (non-hydrogen) atoms. The highest BCUT2D eigenvalue weighted by molar-refractivity contribution is 6.35. The molecule has 2 N–H and O–H groups in total. The van der Waals surface area contributed by atoms with Crippen LogP contribution in [0.5, 0.6) is 0 Å². The van der Waals surface area contributed by atoms with Crippen molar-refractivity contribution < 1.29 is 9.59 Å².